The van der Waals surface area contributed by atoms with Gasteiger partial charge >= 0.3 is 7.60 Å². The molecule has 12 heteroatoms. The van der Waals surface area contributed by atoms with E-state index in [1.807, 2.05) is 0 Å². The molecule has 3 atom stereocenters. The molecule has 1 saturated heterocycles. The molecule has 0 amide bonds. The van der Waals surface area contributed by atoms with Crippen LogP contribution < -0.4 is 11.3 Å². The van der Waals surface area contributed by atoms with Gasteiger partial charge in [-0.25, -0.2) is 9.37 Å². The van der Waals surface area contributed by atoms with Crippen molar-refractivity contribution in [3.8, 4) is 0 Å². The first-order valence-corrected chi connectivity index (χ1v) is 8.58. The van der Waals surface area contributed by atoms with Crippen molar-refractivity contribution in [2.45, 2.75) is 18.8 Å². The number of anilines is 1. The highest BCUT2D eigenvalue weighted by atomic mass is 31.2. The zero-order valence-corrected chi connectivity index (χ0v) is 12.7. The Morgan fingerprint density at radius 2 is 2.30 bits per heavy atom. The monoisotopic (exact) mass is 347 g/mol. The number of hydrogen-bond acceptors (Lipinski definition) is 6. The minimum absolute atomic E-state index is 0.00415. The molecule has 3 heterocycles. The lowest BCUT2D eigenvalue weighted by Gasteiger charge is -2.17. The molecule has 10 nitrogen and oxygen atoms in total. The van der Waals surface area contributed by atoms with Crippen LogP contribution in [-0.4, -0.2) is 48.2 Å². The van der Waals surface area contributed by atoms with Crippen molar-refractivity contribution in [3.63, 3.8) is 0 Å². The second kappa shape index (κ2) is 5.68. The number of H-pyrrole nitrogens is 1. The summed E-state index contributed by atoms with van der Waals surface area (Å²) in [7, 11) is -4.19. The van der Waals surface area contributed by atoms with E-state index < -0.39 is 37.6 Å². The Labute approximate surface area is 128 Å². The normalized spacial score (nSPS) is 25.3. The molecular formula is C11H15FN5O5P. The molecule has 0 spiro atoms. The Kier molecular flexibility index (Phi) is 3.96. The van der Waals surface area contributed by atoms with Gasteiger partial charge in [0.25, 0.3) is 5.56 Å². The minimum atomic E-state index is -4.19. The fourth-order valence-electron chi connectivity index (χ4n) is 2.58. The van der Waals surface area contributed by atoms with E-state index in [0.29, 0.717) is 0 Å². The fraction of sp³-hybridized carbons (Fsp3) is 0.545. The predicted octanol–water partition coefficient (Wildman–Crippen LogP) is -0.247. The first kappa shape index (κ1) is 16.1. The van der Waals surface area contributed by atoms with Crippen LogP contribution in [0.2, 0.25) is 0 Å². The molecule has 1 aliphatic heterocycles. The fourth-order valence-corrected chi connectivity index (χ4v) is 3.25. The van der Waals surface area contributed by atoms with Gasteiger partial charge in [0, 0.05) is 5.92 Å². The van der Waals surface area contributed by atoms with Crippen LogP contribution in [0.1, 0.15) is 12.6 Å². The van der Waals surface area contributed by atoms with Crippen LogP contribution in [0.15, 0.2) is 11.1 Å². The number of nitrogen functional groups attached to an aromatic ring is 1. The first-order chi connectivity index (χ1) is 10.8. The average molecular weight is 347 g/mol. The Morgan fingerprint density at radius 3 is 3.00 bits per heavy atom. The van der Waals surface area contributed by atoms with Crippen LogP contribution in [0, 0.1) is 5.92 Å². The summed E-state index contributed by atoms with van der Waals surface area (Å²) in [5.74, 6) is -0.792. The van der Waals surface area contributed by atoms with Crippen LogP contribution in [-0.2, 0) is 9.30 Å². The van der Waals surface area contributed by atoms with Gasteiger partial charge in [0.2, 0.25) is 5.95 Å². The Morgan fingerprint density at radius 1 is 1.57 bits per heavy atom. The molecule has 0 aliphatic carbocycles. The maximum Gasteiger partial charge on any atom is 0.325 e. The summed E-state index contributed by atoms with van der Waals surface area (Å²) in [6, 6.07) is 0. The van der Waals surface area contributed by atoms with Crippen LogP contribution >= 0.6 is 7.60 Å². The Hall–Kier alpha value is -1.81. The average Bonchev–Trinajstić information content (AvgIpc) is 2.99. The molecule has 0 aromatic carbocycles. The van der Waals surface area contributed by atoms with Crippen molar-refractivity contribution >= 4 is 24.7 Å². The number of nitrogens with one attached hydrogen (secondary N) is 1. The van der Waals surface area contributed by atoms with Gasteiger partial charge in [-0.15, -0.1) is 0 Å². The highest BCUT2D eigenvalue weighted by Crippen LogP contribution is 2.40. The van der Waals surface area contributed by atoms with E-state index in [1.165, 1.54) is 10.9 Å². The van der Waals surface area contributed by atoms with E-state index >= 15 is 0 Å². The van der Waals surface area contributed by atoms with Crippen LogP contribution in [0.5, 0.6) is 0 Å². The molecule has 0 radical (unpaired) electrons. The molecule has 1 aliphatic rings. The van der Waals surface area contributed by atoms with Crippen molar-refractivity contribution in [2.75, 3.05) is 18.5 Å². The summed E-state index contributed by atoms with van der Waals surface area (Å²) in [4.78, 5) is 39.6. The first-order valence-electron chi connectivity index (χ1n) is 6.79. The van der Waals surface area contributed by atoms with Crippen LogP contribution in [0.25, 0.3) is 11.2 Å². The number of rotatable bonds is 4. The third-order valence-corrected chi connectivity index (χ3v) is 4.56. The molecule has 23 heavy (non-hydrogen) atoms. The van der Waals surface area contributed by atoms with E-state index in [2.05, 4.69) is 15.0 Å². The van der Waals surface area contributed by atoms with Crippen molar-refractivity contribution in [2.24, 2.45) is 5.92 Å². The largest absolute Gasteiger partial charge is 0.369 e. The van der Waals surface area contributed by atoms with E-state index in [-0.39, 0.29) is 30.1 Å². The highest BCUT2D eigenvalue weighted by molar-refractivity contribution is 7.51. The molecule has 0 bridgehead atoms. The van der Waals surface area contributed by atoms with Crippen molar-refractivity contribution in [3.05, 3.63) is 16.7 Å². The highest BCUT2D eigenvalue weighted by Gasteiger charge is 2.40. The van der Waals surface area contributed by atoms with Gasteiger partial charge in [0.15, 0.2) is 23.6 Å². The number of imidazole rings is 1. The zero-order chi connectivity index (χ0) is 16.8. The number of aromatic amines is 1. The quantitative estimate of drug-likeness (QED) is 0.552. The van der Waals surface area contributed by atoms with Crippen molar-refractivity contribution in [1.29, 1.82) is 0 Å². The number of halogens is 1. The smallest absolute Gasteiger partial charge is 0.325 e. The Bertz CT molecular complexity index is 832. The topological polar surface area (TPSA) is 156 Å². The summed E-state index contributed by atoms with van der Waals surface area (Å²) < 4.78 is 32.1. The maximum absolute atomic E-state index is 14.5. The zero-order valence-electron chi connectivity index (χ0n) is 11.8. The molecule has 1 fully saturated rings. The third kappa shape index (κ3) is 3.13. The maximum atomic E-state index is 14.5. The molecule has 5 N–H and O–H groups in total. The van der Waals surface area contributed by atoms with Crippen molar-refractivity contribution in [1.82, 2.24) is 19.5 Å². The molecule has 0 saturated carbocycles. The summed E-state index contributed by atoms with van der Waals surface area (Å²) in [6.45, 7) is 0.00415. The summed E-state index contributed by atoms with van der Waals surface area (Å²) in [5, 5.41) is 0. The van der Waals surface area contributed by atoms with Gasteiger partial charge < -0.3 is 20.3 Å². The van der Waals surface area contributed by atoms with E-state index in [0.717, 1.165) is 0 Å². The molecule has 2 aromatic heterocycles. The van der Waals surface area contributed by atoms with Gasteiger partial charge in [-0.05, 0) is 6.42 Å². The van der Waals surface area contributed by atoms with Crippen molar-refractivity contribution < 1.29 is 23.5 Å². The van der Waals surface area contributed by atoms with E-state index in [9.17, 15) is 13.8 Å². The van der Waals surface area contributed by atoms with Crippen LogP contribution in [0.4, 0.5) is 10.3 Å². The molecular weight excluding hydrogens is 332 g/mol. The van der Waals surface area contributed by atoms with Gasteiger partial charge in [0.1, 0.15) is 0 Å². The molecule has 0 unspecified atom stereocenters. The van der Waals surface area contributed by atoms with Gasteiger partial charge in [-0.3, -0.25) is 18.9 Å². The summed E-state index contributed by atoms with van der Waals surface area (Å²) in [5.41, 5.74) is 5.04. The third-order valence-electron chi connectivity index (χ3n) is 3.72. The number of fused-ring (bicyclic) bond motifs is 1. The van der Waals surface area contributed by atoms with Gasteiger partial charge in [-0.2, -0.15) is 4.98 Å². The number of aromatic nitrogens is 4. The second-order valence-corrected chi connectivity index (χ2v) is 7.16. The minimum Gasteiger partial charge on any atom is -0.369 e. The number of nitrogens with zero attached hydrogens (tertiary/aromatic N) is 3. The predicted molar refractivity (Wildman–Crippen MR) is 77.5 cm³/mol. The van der Waals surface area contributed by atoms with Crippen LogP contribution in [0.3, 0.4) is 0 Å². The van der Waals surface area contributed by atoms with Gasteiger partial charge in [0.05, 0.1) is 19.1 Å². The molecule has 126 valence electrons. The Balaban J connectivity index is 1.86. The molecule has 3 rings (SSSR count). The van der Waals surface area contributed by atoms with Gasteiger partial charge in [-0.1, -0.05) is 0 Å². The van der Waals surface area contributed by atoms with E-state index in [4.69, 9.17) is 20.3 Å². The number of ether oxygens (including phenoxy) is 1. The SMILES string of the molecule is Nc1nc2c(ncn2[C@@H]2OC[C@H](CCP(=O)(O)O)[C@H]2F)c(=O)[nH]1. The standard InChI is InChI=1S/C11H15FN5O5P/c12-6-5(1-2-23(19,20)21)3-22-10(6)17-4-14-7-8(17)15-11(13)16-9(7)18/h4-6,10H,1-3H2,(H2,19,20,21)(H3,13,15,16,18)/t5-,6+,10+/m0/s1. The summed E-state index contributed by atoms with van der Waals surface area (Å²) in [6.07, 6.45) is -1.78. The number of nitrogens with two attached hydrogens (primary N) is 1. The second-order valence-electron chi connectivity index (χ2n) is 5.38. The number of hydrogen-bond donors (Lipinski definition) is 4. The lowest BCUT2D eigenvalue weighted by molar-refractivity contribution is 0.0241. The lowest BCUT2D eigenvalue weighted by Crippen LogP contribution is -2.22. The lowest BCUT2D eigenvalue weighted by atomic mass is 10.0. The number of alkyl halides is 1. The van der Waals surface area contributed by atoms with E-state index in [1.54, 1.807) is 0 Å². The summed E-state index contributed by atoms with van der Waals surface area (Å²) >= 11 is 0. The molecule has 2 aromatic rings.